The van der Waals surface area contributed by atoms with Crippen molar-refractivity contribution in [3.05, 3.63) is 42.0 Å². The Morgan fingerprint density at radius 3 is 2.81 bits per heavy atom. The first kappa shape index (κ1) is 12.3. The number of rotatable bonds is 5. The van der Waals surface area contributed by atoms with Crippen molar-refractivity contribution >= 4 is 5.97 Å². The van der Waals surface area contributed by atoms with E-state index in [2.05, 4.69) is 0 Å². The third-order valence-electron chi connectivity index (χ3n) is 2.04. The monoisotopic (exact) mass is 220 g/mol. The van der Waals surface area contributed by atoms with Crippen LogP contribution in [0.25, 0.3) is 0 Å². The molecule has 16 heavy (non-hydrogen) atoms. The van der Waals surface area contributed by atoms with E-state index in [0.717, 1.165) is 6.42 Å². The number of carbonyl (C=O) groups is 1. The number of ether oxygens (including phenoxy) is 1. The minimum Gasteiger partial charge on any atom is -0.507 e. The van der Waals surface area contributed by atoms with Crippen LogP contribution in [0.4, 0.5) is 0 Å². The number of benzene rings is 1. The summed E-state index contributed by atoms with van der Waals surface area (Å²) in [4.78, 5) is 11.5. The van der Waals surface area contributed by atoms with Gasteiger partial charge in [-0.2, -0.15) is 0 Å². The van der Waals surface area contributed by atoms with E-state index in [4.69, 9.17) is 4.74 Å². The van der Waals surface area contributed by atoms with Crippen LogP contribution >= 0.6 is 0 Å². The molecule has 0 saturated heterocycles. The Morgan fingerprint density at radius 1 is 1.38 bits per heavy atom. The van der Waals surface area contributed by atoms with Crippen LogP contribution in [-0.2, 0) is 4.74 Å². The van der Waals surface area contributed by atoms with Crippen LogP contribution in [0.5, 0.6) is 5.75 Å². The molecule has 0 bridgehead atoms. The van der Waals surface area contributed by atoms with E-state index >= 15 is 0 Å². The molecular formula is C13H16O3. The predicted octanol–water partition coefficient (Wildman–Crippen LogP) is 2.91. The van der Waals surface area contributed by atoms with Crippen molar-refractivity contribution < 1.29 is 14.6 Å². The summed E-state index contributed by atoms with van der Waals surface area (Å²) < 4.78 is 5.01. The Morgan fingerprint density at radius 2 is 2.12 bits per heavy atom. The topological polar surface area (TPSA) is 46.5 Å². The third-order valence-corrected chi connectivity index (χ3v) is 2.04. The van der Waals surface area contributed by atoms with Crippen molar-refractivity contribution in [2.45, 2.75) is 19.8 Å². The third kappa shape index (κ3) is 3.77. The van der Waals surface area contributed by atoms with E-state index in [1.807, 2.05) is 19.1 Å². The average Bonchev–Trinajstić information content (AvgIpc) is 2.29. The Labute approximate surface area is 95.4 Å². The molecule has 0 saturated carbocycles. The molecular weight excluding hydrogens is 204 g/mol. The number of esters is 1. The highest BCUT2D eigenvalue weighted by Crippen LogP contribution is 2.16. The number of hydrogen-bond donors (Lipinski definition) is 1. The summed E-state index contributed by atoms with van der Waals surface area (Å²) in [5, 5.41) is 9.41. The van der Waals surface area contributed by atoms with Gasteiger partial charge in [-0.15, -0.1) is 0 Å². The summed E-state index contributed by atoms with van der Waals surface area (Å²) in [6.45, 7) is 2.38. The molecule has 86 valence electrons. The Balaban J connectivity index is 2.41. The second-order valence-corrected chi connectivity index (χ2v) is 3.32. The number of phenols is 1. The van der Waals surface area contributed by atoms with Gasteiger partial charge in [-0.25, -0.2) is 4.79 Å². The molecule has 0 heterocycles. The number of hydrogen-bond acceptors (Lipinski definition) is 3. The summed E-state index contributed by atoms with van der Waals surface area (Å²) in [5.41, 5.74) is 0.210. The molecule has 0 amide bonds. The second-order valence-electron chi connectivity index (χ2n) is 3.32. The van der Waals surface area contributed by atoms with Crippen molar-refractivity contribution in [3.63, 3.8) is 0 Å². The second kappa shape index (κ2) is 6.67. The normalized spacial score (nSPS) is 10.6. The predicted molar refractivity (Wildman–Crippen MR) is 62.4 cm³/mol. The van der Waals surface area contributed by atoms with Crippen LogP contribution in [0.15, 0.2) is 36.4 Å². The minimum absolute atomic E-state index is 0.0448. The molecule has 0 aliphatic carbocycles. The highest BCUT2D eigenvalue weighted by molar-refractivity contribution is 5.92. The van der Waals surface area contributed by atoms with E-state index in [0.29, 0.717) is 13.0 Å². The molecule has 0 radical (unpaired) electrons. The summed E-state index contributed by atoms with van der Waals surface area (Å²) in [6, 6.07) is 6.36. The first-order valence-electron chi connectivity index (χ1n) is 5.35. The maximum atomic E-state index is 11.5. The molecule has 3 nitrogen and oxygen atoms in total. The summed E-state index contributed by atoms with van der Waals surface area (Å²) in [5.74, 6) is -0.528. The molecule has 1 rings (SSSR count). The molecule has 0 atom stereocenters. The summed E-state index contributed by atoms with van der Waals surface area (Å²) in [6.07, 6.45) is 5.67. The lowest BCUT2D eigenvalue weighted by molar-refractivity contribution is 0.0508. The van der Waals surface area contributed by atoms with Gasteiger partial charge in [0, 0.05) is 0 Å². The largest absolute Gasteiger partial charge is 0.507 e. The van der Waals surface area contributed by atoms with Crippen molar-refractivity contribution in [2.75, 3.05) is 6.61 Å². The lowest BCUT2D eigenvalue weighted by Gasteiger charge is -2.04. The van der Waals surface area contributed by atoms with Gasteiger partial charge in [0.05, 0.1) is 6.61 Å². The molecule has 1 N–H and O–H groups in total. The van der Waals surface area contributed by atoms with Gasteiger partial charge < -0.3 is 9.84 Å². The van der Waals surface area contributed by atoms with Crippen molar-refractivity contribution in [3.8, 4) is 5.75 Å². The molecule has 0 unspecified atom stereocenters. The molecule has 3 heteroatoms. The Bertz CT molecular complexity index is 369. The standard InChI is InChI=1S/C13H16O3/c1-2-3-4-7-10-16-13(15)11-8-5-6-9-12(11)14/h3-6,8-9,14H,2,7,10H2,1H3. The smallest absolute Gasteiger partial charge is 0.341 e. The fraction of sp³-hybridized carbons (Fsp3) is 0.308. The van der Waals surface area contributed by atoms with Crippen LogP contribution in [0.3, 0.4) is 0 Å². The van der Waals surface area contributed by atoms with Gasteiger partial charge in [-0.3, -0.25) is 0 Å². The van der Waals surface area contributed by atoms with Crippen molar-refractivity contribution in [1.82, 2.24) is 0 Å². The molecule has 0 aromatic heterocycles. The minimum atomic E-state index is -0.483. The molecule has 1 aromatic carbocycles. The Hall–Kier alpha value is -1.77. The fourth-order valence-electron chi connectivity index (χ4n) is 1.23. The van der Waals surface area contributed by atoms with Crippen LogP contribution in [-0.4, -0.2) is 17.7 Å². The van der Waals surface area contributed by atoms with Gasteiger partial charge >= 0.3 is 5.97 Å². The van der Waals surface area contributed by atoms with E-state index in [-0.39, 0.29) is 11.3 Å². The zero-order chi connectivity index (χ0) is 11.8. The van der Waals surface area contributed by atoms with Crippen LogP contribution < -0.4 is 0 Å². The zero-order valence-corrected chi connectivity index (χ0v) is 9.35. The van der Waals surface area contributed by atoms with Gasteiger partial charge in [-0.1, -0.05) is 31.2 Å². The molecule has 0 fully saturated rings. The molecule has 1 aromatic rings. The number of allylic oxidation sites excluding steroid dienone is 1. The summed E-state index contributed by atoms with van der Waals surface area (Å²) in [7, 11) is 0. The lowest BCUT2D eigenvalue weighted by atomic mass is 10.2. The van der Waals surface area contributed by atoms with Gasteiger partial charge in [-0.05, 0) is 25.0 Å². The first-order chi connectivity index (χ1) is 7.75. The number of para-hydroxylation sites is 1. The van der Waals surface area contributed by atoms with Gasteiger partial charge in [0.2, 0.25) is 0 Å². The maximum absolute atomic E-state index is 11.5. The van der Waals surface area contributed by atoms with E-state index in [9.17, 15) is 9.90 Å². The first-order valence-corrected chi connectivity index (χ1v) is 5.35. The number of carbonyl (C=O) groups excluding carboxylic acids is 1. The van der Waals surface area contributed by atoms with Gasteiger partial charge in [0.25, 0.3) is 0 Å². The van der Waals surface area contributed by atoms with Crippen LogP contribution in [0, 0.1) is 0 Å². The van der Waals surface area contributed by atoms with Crippen LogP contribution in [0.1, 0.15) is 30.1 Å². The van der Waals surface area contributed by atoms with Crippen molar-refractivity contribution in [1.29, 1.82) is 0 Å². The van der Waals surface area contributed by atoms with E-state index in [1.54, 1.807) is 18.2 Å². The molecule has 0 spiro atoms. The summed E-state index contributed by atoms with van der Waals surface area (Å²) >= 11 is 0. The fourth-order valence-corrected chi connectivity index (χ4v) is 1.23. The van der Waals surface area contributed by atoms with E-state index < -0.39 is 5.97 Å². The SMILES string of the molecule is CCC=CCCOC(=O)c1ccccc1O. The average molecular weight is 220 g/mol. The highest BCUT2D eigenvalue weighted by Gasteiger charge is 2.10. The quantitative estimate of drug-likeness (QED) is 0.471. The number of phenolic OH excluding ortho intramolecular Hbond substituents is 1. The molecule has 0 aliphatic heterocycles. The zero-order valence-electron chi connectivity index (χ0n) is 9.35. The van der Waals surface area contributed by atoms with E-state index in [1.165, 1.54) is 6.07 Å². The van der Waals surface area contributed by atoms with Crippen LogP contribution in [0.2, 0.25) is 0 Å². The van der Waals surface area contributed by atoms with Crippen molar-refractivity contribution in [2.24, 2.45) is 0 Å². The van der Waals surface area contributed by atoms with Gasteiger partial charge in [0.1, 0.15) is 11.3 Å². The molecule has 0 aliphatic rings. The maximum Gasteiger partial charge on any atom is 0.341 e. The Kier molecular flexibility index (Phi) is 5.12. The van der Waals surface area contributed by atoms with Gasteiger partial charge in [0.15, 0.2) is 0 Å². The highest BCUT2D eigenvalue weighted by atomic mass is 16.5. The lowest BCUT2D eigenvalue weighted by Crippen LogP contribution is -2.06. The number of aromatic hydroxyl groups is 1.